The fourth-order valence-electron chi connectivity index (χ4n) is 2.64. The molecule has 2 aromatic rings. The summed E-state index contributed by atoms with van der Waals surface area (Å²) >= 11 is 6.06. The molecule has 0 saturated heterocycles. The summed E-state index contributed by atoms with van der Waals surface area (Å²) in [4.78, 5) is 0. The van der Waals surface area contributed by atoms with Crippen LogP contribution in [0.15, 0.2) is 42.5 Å². The number of hydrogen-bond donors (Lipinski definition) is 1. The van der Waals surface area contributed by atoms with E-state index in [4.69, 9.17) is 11.6 Å². The highest BCUT2D eigenvalue weighted by atomic mass is 35.5. The van der Waals surface area contributed by atoms with E-state index >= 15 is 0 Å². The van der Waals surface area contributed by atoms with E-state index in [1.54, 1.807) is 0 Å². The molecular formula is C19H24ClN. The lowest BCUT2D eigenvalue weighted by atomic mass is 9.85. The van der Waals surface area contributed by atoms with Gasteiger partial charge >= 0.3 is 0 Å². The quantitative estimate of drug-likeness (QED) is 0.816. The second kappa shape index (κ2) is 6.21. The lowest BCUT2D eigenvalue weighted by molar-refractivity contribution is 0.589. The van der Waals surface area contributed by atoms with E-state index < -0.39 is 0 Å². The minimum Gasteiger partial charge on any atom is -0.309 e. The average Bonchev–Trinajstić information content (AvgIpc) is 2.41. The highest BCUT2D eigenvalue weighted by Gasteiger charge is 2.17. The maximum Gasteiger partial charge on any atom is 0.0576 e. The first-order chi connectivity index (χ1) is 9.82. The molecule has 0 spiro atoms. The van der Waals surface area contributed by atoms with E-state index in [1.807, 2.05) is 19.2 Å². The van der Waals surface area contributed by atoms with Crippen LogP contribution in [0.2, 0.25) is 5.02 Å². The van der Waals surface area contributed by atoms with Crippen molar-refractivity contribution < 1.29 is 0 Å². The van der Waals surface area contributed by atoms with Crippen LogP contribution in [0.4, 0.5) is 0 Å². The van der Waals surface area contributed by atoms with Crippen LogP contribution in [-0.2, 0) is 5.41 Å². The van der Waals surface area contributed by atoms with Crippen LogP contribution in [-0.4, -0.2) is 7.05 Å². The van der Waals surface area contributed by atoms with Gasteiger partial charge < -0.3 is 5.32 Å². The Bertz CT molecular complexity index is 608. The van der Waals surface area contributed by atoms with Crippen molar-refractivity contribution in [2.75, 3.05) is 7.05 Å². The smallest absolute Gasteiger partial charge is 0.0576 e. The molecule has 0 heterocycles. The van der Waals surface area contributed by atoms with Crippen LogP contribution >= 0.6 is 11.6 Å². The molecule has 0 bridgehead atoms. The molecule has 0 aliphatic heterocycles. The molecule has 2 heteroatoms. The zero-order valence-corrected chi connectivity index (χ0v) is 14.3. The minimum atomic E-state index is 0.184. The van der Waals surface area contributed by atoms with E-state index in [1.165, 1.54) is 22.3 Å². The fourth-order valence-corrected chi connectivity index (χ4v) is 2.87. The van der Waals surface area contributed by atoms with E-state index in [-0.39, 0.29) is 11.5 Å². The maximum atomic E-state index is 6.06. The van der Waals surface area contributed by atoms with E-state index in [9.17, 15) is 0 Å². The molecule has 0 radical (unpaired) electrons. The van der Waals surface area contributed by atoms with Crippen molar-refractivity contribution in [2.45, 2.75) is 39.2 Å². The summed E-state index contributed by atoms with van der Waals surface area (Å²) in [5, 5.41) is 4.20. The van der Waals surface area contributed by atoms with E-state index in [0.29, 0.717) is 0 Å². The number of benzene rings is 2. The Morgan fingerprint density at radius 3 is 2.10 bits per heavy atom. The lowest BCUT2D eigenvalue weighted by Gasteiger charge is -2.23. The molecule has 0 amide bonds. The Balaban J connectivity index is 2.37. The molecule has 112 valence electrons. The van der Waals surface area contributed by atoms with Gasteiger partial charge in [-0.1, -0.05) is 62.7 Å². The van der Waals surface area contributed by atoms with Gasteiger partial charge in [0.2, 0.25) is 0 Å². The molecule has 2 rings (SSSR count). The van der Waals surface area contributed by atoms with Crippen molar-refractivity contribution in [2.24, 2.45) is 0 Å². The van der Waals surface area contributed by atoms with Crippen molar-refractivity contribution in [3.8, 4) is 0 Å². The summed E-state index contributed by atoms with van der Waals surface area (Å²) in [5.41, 5.74) is 5.29. The van der Waals surface area contributed by atoms with E-state index in [2.05, 4.69) is 63.3 Å². The Morgan fingerprint density at radius 2 is 1.62 bits per heavy atom. The van der Waals surface area contributed by atoms with Gasteiger partial charge in [-0.3, -0.25) is 0 Å². The van der Waals surface area contributed by atoms with Gasteiger partial charge in [0.15, 0.2) is 0 Å². The molecule has 0 aromatic heterocycles. The van der Waals surface area contributed by atoms with Crippen molar-refractivity contribution in [3.63, 3.8) is 0 Å². The molecule has 0 aliphatic rings. The van der Waals surface area contributed by atoms with Gasteiger partial charge in [0, 0.05) is 5.02 Å². The molecule has 1 atom stereocenters. The number of hydrogen-bond acceptors (Lipinski definition) is 1. The normalized spacial score (nSPS) is 13.2. The summed E-state index contributed by atoms with van der Waals surface area (Å²) < 4.78 is 0. The third-order valence-electron chi connectivity index (χ3n) is 3.94. The average molecular weight is 302 g/mol. The van der Waals surface area contributed by atoms with Crippen molar-refractivity contribution in [1.29, 1.82) is 0 Å². The first-order valence-electron chi connectivity index (χ1n) is 7.36. The van der Waals surface area contributed by atoms with Crippen LogP contribution in [0.5, 0.6) is 0 Å². The largest absolute Gasteiger partial charge is 0.309 e. The maximum absolute atomic E-state index is 6.06. The zero-order chi connectivity index (χ0) is 15.6. The molecule has 2 aromatic carbocycles. The zero-order valence-electron chi connectivity index (χ0n) is 13.5. The van der Waals surface area contributed by atoms with Gasteiger partial charge in [0.05, 0.1) is 6.04 Å². The van der Waals surface area contributed by atoms with E-state index in [0.717, 1.165) is 5.02 Å². The summed E-state index contributed by atoms with van der Waals surface area (Å²) in [6, 6.07) is 15.2. The van der Waals surface area contributed by atoms with Crippen LogP contribution in [0.25, 0.3) is 0 Å². The molecule has 1 nitrogen and oxygen atoms in total. The topological polar surface area (TPSA) is 12.0 Å². The lowest BCUT2D eigenvalue weighted by Crippen LogP contribution is -2.19. The molecule has 21 heavy (non-hydrogen) atoms. The second-order valence-corrected chi connectivity index (χ2v) is 7.03. The SMILES string of the molecule is CNC(c1ccc(C(C)(C)C)cc1)c1ccc(Cl)cc1C. The van der Waals surface area contributed by atoms with Crippen molar-refractivity contribution in [3.05, 3.63) is 69.7 Å². The predicted molar refractivity (Wildman–Crippen MR) is 92.2 cm³/mol. The van der Waals surface area contributed by atoms with Crippen LogP contribution < -0.4 is 5.32 Å². The van der Waals surface area contributed by atoms with Gasteiger partial charge in [0.1, 0.15) is 0 Å². The number of halogens is 1. The van der Waals surface area contributed by atoms with Crippen LogP contribution in [0.1, 0.15) is 49.1 Å². The standard InChI is InChI=1S/C19H24ClN/c1-13-12-16(20)10-11-17(13)18(21-5)14-6-8-15(9-7-14)19(2,3)4/h6-12,18,21H,1-5H3. The summed E-state index contributed by atoms with van der Waals surface area (Å²) in [5.74, 6) is 0. The molecule has 1 unspecified atom stereocenters. The number of nitrogens with one attached hydrogen (secondary N) is 1. The highest BCUT2D eigenvalue weighted by Crippen LogP contribution is 2.29. The van der Waals surface area contributed by atoms with Gasteiger partial charge in [0.25, 0.3) is 0 Å². The number of rotatable bonds is 3. The Labute approximate surface area is 133 Å². The summed E-state index contributed by atoms with van der Waals surface area (Å²) in [6.07, 6.45) is 0. The molecule has 1 N–H and O–H groups in total. The fraction of sp³-hybridized carbons (Fsp3) is 0.368. The molecule has 0 aliphatic carbocycles. The van der Waals surface area contributed by atoms with Crippen LogP contribution in [0, 0.1) is 6.92 Å². The molecular weight excluding hydrogens is 278 g/mol. The first kappa shape index (κ1) is 16.1. The summed E-state index contributed by atoms with van der Waals surface area (Å²) in [6.45, 7) is 8.82. The molecule has 0 fully saturated rings. The van der Waals surface area contributed by atoms with Gasteiger partial charge in [-0.15, -0.1) is 0 Å². The van der Waals surface area contributed by atoms with Gasteiger partial charge in [-0.2, -0.15) is 0 Å². The molecule has 0 saturated carbocycles. The summed E-state index contributed by atoms with van der Waals surface area (Å²) in [7, 11) is 2.00. The van der Waals surface area contributed by atoms with Gasteiger partial charge in [-0.25, -0.2) is 0 Å². The third-order valence-corrected chi connectivity index (χ3v) is 4.18. The predicted octanol–water partition coefficient (Wildman–Crippen LogP) is 5.25. The third kappa shape index (κ3) is 3.66. The Hall–Kier alpha value is -1.31. The minimum absolute atomic E-state index is 0.184. The highest BCUT2D eigenvalue weighted by molar-refractivity contribution is 6.30. The second-order valence-electron chi connectivity index (χ2n) is 6.59. The van der Waals surface area contributed by atoms with Crippen molar-refractivity contribution >= 4 is 11.6 Å². The van der Waals surface area contributed by atoms with Crippen LogP contribution in [0.3, 0.4) is 0 Å². The number of aryl methyl sites for hydroxylation is 1. The monoisotopic (exact) mass is 301 g/mol. The first-order valence-corrected chi connectivity index (χ1v) is 7.74. The van der Waals surface area contributed by atoms with Gasteiger partial charge in [-0.05, 0) is 53.8 Å². The Kier molecular flexibility index (Phi) is 4.75. The Morgan fingerprint density at radius 1 is 1.00 bits per heavy atom. The van der Waals surface area contributed by atoms with Crippen molar-refractivity contribution in [1.82, 2.24) is 5.32 Å².